The van der Waals surface area contributed by atoms with Gasteiger partial charge >= 0.3 is 5.97 Å². The number of hydrogen-bond donors (Lipinski definition) is 0. The number of halogens is 1. The Bertz CT molecular complexity index is 784. The molecule has 2 rings (SSSR count). The summed E-state index contributed by atoms with van der Waals surface area (Å²) in [5.41, 5.74) is 1.56. The molecule has 0 N–H and O–H groups in total. The molecule has 0 aliphatic carbocycles. The monoisotopic (exact) mass is 385 g/mol. The van der Waals surface area contributed by atoms with Gasteiger partial charge in [0.05, 0.1) is 5.69 Å². The van der Waals surface area contributed by atoms with Gasteiger partial charge in [-0.1, -0.05) is 36.9 Å². The summed E-state index contributed by atoms with van der Waals surface area (Å²) in [5, 5.41) is 0. The van der Waals surface area contributed by atoms with E-state index in [-0.39, 0.29) is 5.91 Å². The molecule has 0 saturated heterocycles. The van der Waals surface area contributed by atoms with Crippen LogP contribution in [0.4, 0.5) is 5.69 Å². The fraction of sp³-hybridized carbons (Fsp3) is 0.0526. The zero-order valence-electron chi connectivity index (χ0n) is 13.1. The normalized spacial score (nSPS) is 10.4. The van der Waals surface area contributed by atoms with Crippen molar-refractivity contribution in [3.8, 4) is 5.75 Å². The number of carbonyl (C=O) groups excluding carboxylic acids is 2. The molecular formula is C19H16BrNO3. The van der Waals surface area contributed by atoms with E-state index in [4.69, 9.17) is 4.74 Å². The first-order valence-corrected chi connectivity index (χ1v) is 7.95. The van der Waals surface area contributed by atoms with Crippen LogP contribution in [0, 0.1) is 0 Å². The zero-order valence-corrected chi connectivity index (χ0v) is 14.7. The van der Waals surface area contributed by atoms with Crippen molar-refractivity contribution in [2.45, 2.75) is 0 Å². The number of nitrogens with zero attached hydrogens (tertiary/aromatic N) is 1. The maximum absolute atomic E-state index is 11.9. The fourth-order valence-electron chi connectivity index (χ4n) is 1.96. The number of likely N-dealkylation sites (N-methyl/N-ethyl adjacent to an activating group) is 1. The van der Waals surface area contributed by atoms with Crippen LogP contribution in [0.5, 0.6) is 5.75 Å². The minimum Gasteiger partial charge on any atom is -0.423 e. The lowest BCUT2D eigenvalue weighted by atomic mass is 10.2. The summed E-state index contributed by atoms with van der Waals surface area (Å²) in [4.78, 5) is 25.0. The number of rotatable bonds is 5. The van der Waals surface area contributed by atoms with Crippen LogP contribution in [-0.4, -0.2) is 18.9 Å². The van der Waals surface area contributed by atoms with E-state index >= 15 is 0 Å². The summed E-state index contributed by atoms with van der Waals surface area (Å²) in [6.45, 7) is 3.46. The lowest BCUT2D eigenvalue weighted by molar-refractivity contribution is -0.128. The summed E-state index contributed by atoms with van der Waals surface area (Å²) in [5.74, 6) is -0.326. The molecule has 0 unspecified atom stereocenters. The number of esters is 1. The highest BCUT2D eigenvalue weighted by atomic mass is 79.9. The molecule has 5 heteroatoms. The van der Waals surface area contributed by atoms with Crippen molar-refractivity contribution in [1.82, 2.24) is 0 Å². The lowest BCUT2D eigenvalue weighted by Gasteiger charge is -2.17. The summed E-state index contributed by atoms with van der Waals surface area (Å²) in [7, 11) is 1.64. The van der Waals surface area contributed by atoms with Crippen LogP contribution >= 0.6 is 15.9 Å². The molecule has 0 atom stereocenters. The van der Waals surface area contributed by atoms with Crippen LogP contribution in [-0.2, 0) is 9.59 Å². The minimum atomic E-state index is -0.478. The molecule has 0 aliphatic rings. The van der Waals surface area contributed by atoms with Crippen LogP contribution in [0.3, 0.4) is 0 Å². The Morgan fingerprint density at radius 2 is 1.88 bits per heavy atom. The van der Waals surface area contributed by atoms with Crippen LogP contribution in [0.15, 0.2) is 71.7 Å². The van der Waals surface area contributed by atoms with Gasteiger partial charge < -0.3 is 9.64 Å². The molecule has 0 spiro atoms. The Hall–Kier alpha value is -2.66. The smallest absolute Gasteiger partial charge is 0.336 e. The highest BCUT2D eigenvalue weighted by molar-refractivity contribution is 9.10. The van der Waals surface area contributed by atoms with Crippen molar-refractivity contribution in [2.75, 3.05) is 11.9 Å². The van der Waals surface area contributed by atoms with E-state index < -0.39 is 5.97 Å². The Kier molecular flexibility index (Phi) is 6.09. The number of ether oxygens (including phenoxy) is 1. The van der Waals surface area contributed by atoms with Crippen molar-refractivity contribution < 1.29 is 14.3 Å². The van der Waals surface area contributed by atoms with E-state index in [2.05, 4.69) is 22.5 Å². The molecule has 122 valence electrons. The number of amides is 1. The second-order valence-electron chi connectivity index (χ2n) is 4.88. The van der Waals surface area contributed by atoms with E-state index in [1.54, 1.807) is 31.3 Å². The zero-order chi connectivity index (χ0) is 17.5. The molecule has 24 heavy (non-hydrogen) atoms. The molecule has 2 aromatic rings. The van der Waals surface area contributed by atoms with Crippen LogP contribution in [0.1, 0.15) is 5.56 Å². The average molecular weight is 386 g/mol. The molecule has 0 aliphatic heterocycles. The van der Waals surface area contributed by atoms with Gasteiger partial charge in [-0.05, 0) is 51.8 Å². The Morgan fingerprint density at radius 1 is 1.17 bits per heavy atom. The van der Waals surface area contributed by atoms with Crippen molar-refractivity contribution >= 4 is 39.6 Å². The summed E-state index contributed by atoms with van der Waals surface area (Å²) in [6, 6.07) is 14.4. The molecule has 0 saturated carbocycles. The second-order valence-corrected chi connectivity index (χ2v) is 5.73. The molecule has 4 nitrogen and oxygen atoms in total. The van der Waals surface area contributed by atoms with E-state index in [0.29, 0.717) is 15.9 Å². The SMILES string of the molecule is C=CC(=O)N(C)c1ccc(OC(=O)C=Cc2ccccc2)cc1Br. The summed E-state index contributed by atoms with van der Waals surface area (Å²) >= 11 is 3.37. The van der Waals surface area contributed by atoms with Crippen molar-refractivity contribution in [3.05, 3.63) is 77.3 Å². The predicted molar refractivity (Wildman–Crippen MR) is 98.9 cm³/mol. The summed E-state index contributed by atoms with van der Waals surface area (Å²) < 4.78 is 5.90. The second kappa shape index (κ2) is 8.26. The lowest BCUT2D eigenvalue weighted by Crippen LogP contribution is -2.24. The van der Waals surface area contributed by atoms with E-state index in [0.717, 1.165) is 5.56 Å². The quantitative estimate of drug-likeness (QED) is 0.439. The third-order valence-corrected chi connectivity index (χ3v) is 3.85. The van der Waals surface area contributed by atoms with Crippen LogP contribution < -0.4 is 9.64 Å². The third kappa shape index (κ3) is 4.67. The molecule has 0 bridgehead atoms. The number of benzene rings is 2. The van der Waals surface area contributed by atoms with Gasteiger partial charge in [0.15, 0.2) is 0 Å². The molecule has 2 aromatic carbocycles. The van der Waals surface area contributed by atoms with Crippen molar-refractivity contribution in [3.63, 3.8) is 0 Å². The van der Waals surface area contributed by atoms with Gasteiger partial charge in [-0.25, -0.2) is 4.79 Å². The number of carbonyl (C=O) groups is 2. The Labute approximate surface area is 149 Å². The maximum Gasteiger partial charge on any atom is 0.336 e. The van der Waals surface area contributed by atoms with Gasteiger partial charge in [-0.15, -0.1) is 0 Å². The van der Waals surface area contributed by atoms with Crippen molar-refractivity contribution in [2.24, 2.45) is 0 Å². The van der Waals surface area contributed by atoms with Gasteiger partial charge in [0.2, 0.25) is 5.91 Å². The predicted octanol–water partition coefficient (Wildman–Crippen LogP) is 4.22. The number of anilines is 1. The first-order valence-electron chi connectivity index (χ1n) is 7.16. The topological polar surface area (TPSA) is 46.6 Å². The first-order chi connectivity index (χ1) is 11.5. The van der Waals surface area contributed by atoms with E-state index in [1.165, 1.54) is 17.1 Å². The standard InChI is InChI=1S/C19H16BrNO3/c1-3-18(22)21(2)17-11-10-15(13-16(17)20)24-19(23)12-9-14-7-5-4-6-8-14/h3-13H,1H2,2H3. The third-order valence-electron chi connectivity index (χ3n) is 3.22. The Balaban J connectivity index is 2.06. The highest BCUT2D eigenvalue weighted by Crippen LogP contribution is 2.30. The van der Waals surface area contributed by atoms with Crippen LogP contribution in [0.25, 0.3) is 6.08 Å². The maximum atomic E-state index is 11.9. The number of hydrogen-bond acceptors (Lipinski definition) is 3. The largest absolute Gasteiger partial charge is 0.423 e. The molecule has 0 radical (unpaired) electrons. The van der Waals surface area contributed by atoms with Crippen molar-refractivity contribution in [1.29, 1.82) is 0 Å². The Morgan fingerprint density at radius 3 is 2.50 bits per heavy atom. The van der Waals surface area contributed by atoms with Gasteiger partial charge in [0.1, 0.15) is 5.75 Å². The molecular weight excluding hydrogens is 370 g/mol. The first kappa shape index (κ1) is 17.7. The van der Waals surface area contributed by atoms with Gasteiger partial charge in [0.25, 0.3) is 0 Å². The van der Waals surface area contributed by atoms with E-state index in [9.17, 15) is 9.59 Å². The molecule has 0 aromatic heterocycles. The fourth-order valence-corrected chi connectivity index (χ4v) is 2.58. The average Bonchev–Trinajstić information content (AvgIpc) is 2.59. The van der Waals surface area contributed by atoms with E-state index in [1.807, 2.05) is 30.3 Å². The molecule has 0 fully saturated rings. The van der Waals surface area contributed by atoms with Gasteiger partial charge in [0, 0.05) is 17.6 Å². The highest BCUT2D eigenvalue weighted by Gasteiger charge is 2.12. The summed E-state index contributed by atoms with van der Waals surface area (Å²) in [6.07, 6.45) is 4.28. The van der Waals surface area contributed by atoms with Crippen LogP contribution in [0.2, 0.25) is 0 Å². The molecule has 1 amide bonds. The minimum absolute atomic E-state index is 0.230. The van der Waals surface area contributed by atoms with Gasteiger partial charge in [-0.2, -0.15) is 0 Å². The van der Waals surface area contributed by atoms with Gasteiger partial charge in [-0.3, -0.25) is 4.79 Å². The molecule has 0 heterocycles.